The molecule has 0 aliphatic carbocycles. The maximum Gasteiger partial charge on any atom is 0.138 e. The highest BCUT2D eigenvalue weighted by atomic mass is 15.3. The SMILES string of the molecule is CC(Nc1ccc(-n2cncn2)cc1)c1ccccc1. The highest BCUT2D eigenvalue weighted by Crippen LogP contribution is 2.19. The van der Waals surface area contributed by atoms with Crippen molar-refractivity contribution in [3.05, 3.63) is 72.8 Å². The van der Waals surface area contributed by atoms with Gasteiger partial charge in [0.1, 0.15) is 12.7 Å². The van der Waals surface area contributed by atoms with Crippen molar-refractivity contribution >= 4 is 5.69 Å². The van der Waals surface area contributed by atoms with Crippen molar-refractivity contribution in [3.8, 4) is 5.69 Å². The summed E-state index contributed by atoms with van der Waals surface area (Å²) in [5, 5.41) is 7.60. The van der Waals surface area contributed by atoms with E-state index in [9.17, 15) is 0 Å². The van der Waals surface area contributed by atoms with Crippen LogP contribution in [0.2, 0.25) is 0 Å². The van der Waals surface area contributed by atoms with Gasteiger partial charge in [-0.1, -0.05) is 30.3 Å². The third-order valence-corrected chi connectivity index (χ3v) is 3.23. The molecule has 1 unspecified atom stereocenters. The predicted molar refractivity (Wildman–Crippen MR) is 79.8 cm³/mol. The molecule has 4 nitrogen and oxygen atoms in total. The van der Waals surface area contributed by atoms with Gasteiger partial charge in [0, 0.05) is 11.7 Å². The van der Waals surface area contributed by atoms with Crippen LogP contribution < -0.4 is 5.32 Å². The lowest BCUT2D eigenvalue weighted by molar-refractivity contribution is 0.873. The minimum atomic E-state index is 0.272. The minimum absolute atomic E-state index is 0.272. The average molecular weight is 264 g/mol. The topological polar surface area (TPSA) is 42.7 Å². The largest absolute Gasteiger partial charge is 0.379 e. The van der Waals surface area contributed by atoms with Crippen LogP contribution in [0, 0.1) is 0 Å². The first-order valence-corrected chi connectivity index (χ1v) is 6.59. The van der Waals surface area contributed by atoms with Gasteiger partial charge in [-0.3, -0.25) is 0 Å². The summed E-state index contributed by atoms with van der Waals surface area (Å²) in [4.78, 5) is 3.95. The van der Waals surface area contributed by atoms with Crippen LogP contribution in [0.25, 0.3) is 5.69 Å². The Bertz CT molecular complexity index is 645. The maximum atomic E-state index is 4.11. The van der Waals surface area contributed by atoms with E-state index in [0.29, 0.717) is 0 Å². The first-order chi connectivity index (χ1) is 9.83. The van der Waals surface area contributed by atoms with Crippen molar-refractivity contribution in [1.82, 2.24) is 14.8 Å². The Morgan fingerprint density at radius 3 is 2.40 bits per heavy atom. The van der Waals surface area contributed by atoms with E-state index in [4.69, 9.17) is 0 Å². The van der Waals surface area contributed by atoms with Crippen molar-refractivity contribution in [2.45, 2.75) is 13.0 Å². The molecule has 1 heterocycles. The van der Waals surface area contributed by atoms with Crippen molar-refractivity contribution in [1.29, 1.82) is 0 Å². The summed E-state index contributed by atoms with van der Waals surface area (Å²) in [5.74, 6) is 0. The van der Waals surface area contributed by atoms with E-state index in [-0.39, 0.29) is 6.04 Å². The highest BCUT2D eigenvalue weighted by molar-refractivity contribution is 5.49. The number of nitrogens with one attached hydrogen (secondary N) is 1. The number of anilines is 1. The van der Waals surface area contributed by atoms with E-state index in [1.165, 1.54) is 11.9 Å². The summed E-state index contributed by atoms with van der Waals surface area (Å²) >= 11 is 0. The van der Waals surface area contributed by atoms with Gasteiger partial charge >= 0.3 is 0 Å². The van der Waals surface area contributed by atoms with Crippen LogP contribution in [0.1, 0.15) is 18.5 Å². The van der Waals surface area contributed by atoms with Crippen LogP contribution in [0.5, 0.6) is 0 Å². The number of benzene rings is 2. The number of aromatic nitrogens is 3. The van der Waals surface area contributed by atoms with Gasteiger partial charge in [-0.15, -0.1) is 0 Å². The zero-order chi connectivity index (χ0) is 13.8. The molecule has 3 rings (SSSR count). The zero-order valence-corrected chi connectivity index (χ0v) is 11.3. The monoisotopic (exact) mass is 264 g/mol. The second kappa shape index (κ2) is 5.57. The lowest BCUT2D eigenvalue weighted by atomic mass is 10.1. The number of hydrogen-bond donors (Lipinski definition) is 1. The Balaban J connectivity index is 1.72. The van der Waals surface area contributed by atoms with Crippen LogP contribution >= 0.6 is 0 Å². The second-order valence-electron chi connectivity index (χ2n) is 4.66. The molecule has 20 heavy (non-hydrogen) atoms. The van der Waals surface area contributed by atoms with E-state index < -0.39 is 0 Å². The Labute approximate surface area is 118 Å². The maximum absolute atomic E-state index is 4.11. The molecule has 0 amide bonds. The van der Waals surface area contributed by atoms with E-state index in [2.05, 4.69) is 58.7 Å². The van der Waals surface area contributed by atoms with E-state index in [1.807, 2.05) is 18.2 Å². The normalized spacial score (nSPS) is 12.1. The minimum Gasteiger partial charge on any atom is -0.379 e. The molecule has 1 aromatic heterocycles. The van der Waals surface area contributed by atoms with Crippen LogP contribution in [-0.2, 0) is 0 Å². The fourth-order valence-electron chi connectivity index (χ4n) is 2.13. The summed E-state index contributed by atoms with van der Waals surface area (Å²) in [5.41, 5.74) is 3.36. The van der Waals surface area contributed by atoms with Crippen molar-refractivity contribution in [3.63, 3.8) is 0 Å². The molecule has 0 spiro atoms. The first-order valence-electron chi connectivity index (χ1n) is 6.59. The third-order valence-electron chi connectivity index (χ3n) is 3.23. The average Bonchev–Trinajstić information content (AvgIpc) is 3.03. The molecule has 1 atom stereocenters. The van der Waals surface area contributed by atoms with Gasteiger partial charge in [0.25, 0.3) is 0 Å². The Morgan fingerprint density at radius 2 is 1.75 bits per heavy atom. The predicted octanol–water partition coefficient (Wildman–Crippen LogP) is 3.44. The molecule has 1 N–H and O–H groups in total. The molecule has 0 radical (unpaired) electrons. The molecule has 0 aliphatic heterocycles. The smallest absolute Gasteiger partial charge is 0.138 e. The molecule has 0 saturated heterocycles. The molecule has 0 fully saturated rings. The Kier molecular flexibility index (Phi) is 3.46. The molecule has 2 aromatic carbocycles. The van der Waals surface area contributed by atoms with Gasteiger partial charge in [-0.25, -0.2) is 9.67 Å². The molecule has 4 heteroatoms. The number of hydrogen-bond acceptors (Lipinski definition) is 3. The van der Waals surface area contributed by atoms with Crippen LogP contribution in [0.15, 0.2) is 67.3 Å². The number of rotatable bonds is 4. The van der Waals surface area contributed by atoms with Crippen molar-refractivity contribution in [2.24, 2.45) is 0 Å². The fraction of sp³-hybridized carbons (Fsp3) is 0.125. The van der Waals surface area contributed by atoms with Gasteiger partial charge in [0.15, 0.2) is 0 Å². The fourth-order valence-corrected chi connectivity index (χ4v) is 2.13. The first kappa shape index (κ1) is 12.4. The van der Waals surface area contributed by atoms with Crippen LogP contribution in [-0.4, -0.2) is 14.8 Å². The molecule has 0 aliphatic rings. The summed E-state index contributed by atoms with van der Waals surface area (Å²) in [6.45, 7) is 2.15. The van der Waals surface area contributed by atoms with Gasteiger partial charge in [0.05, 0.1) is 5.69 Å². The lowest BCUT2D eigenvalue weighted by Crippen LogP contribution is -2.06. The quantitative estimate of drug-likeness (QED) is 0.785. The van der Waals surface area contributed by atoms with Crippen LogP contribution in [0.4, 0.5) is 5.69 Å². The molecule has 100 valence electrons. The van der Waals surface area contributed by atoms with Gasteiger partial charge in [-0.2, -0.15) is 5.10 Å². The Hall–Kier alpha value is -2.62. The van der Waals surface area contributed by atoms with Gasteiger partial charge < -0.3 is 5.32 Å². The van der Waals surface area contributed by atoms with E-state index in [0.717, 1.165) is 11.4 Å². The zero-order valence-electron chi connectivity index (χ0n) is 11.3. The molecule has 3 aromatic rings. The summed E-state index contributed by atoms with van der Waals surface area (Å²) < 4.78 is 1.74. The van der Waals surface area contributed by atoms with Crippen LogP contribution in [0.3, 0.4) is 0 Å². The lowest BCUT2D eigenvalue weighted by Gasteiger charge is -2.15. The summed E-state index contributed by atoms with van der Waals surface area (Å²) in [6, 6.07) is 18.8. The second-order valence-corrected chi connectivity index (χ2v) is 4.66. The van der Waals surface area contributed by atoms with E-state index in [1.54, 1.807) is 11.0 Å². The van der Waals surface area contributed by atoms with Crippen molar-refractivity contribution in [2.75, 3.05) is 5.32 Å². The van der Waals surface area contributed by atoms with Crippen molar-refractivity contribution < 1.29 is 0 Å². The number of nitrogens with zero attached hydrogens (tertiary/aromatic N) is 3. The third kappa shape index (κ3) is 2.69. The van der Waals surface area contributed by atoms with E-state index >= 15 is 0 Å². The highest BCUT2D eigenvalue weighted by Gasteiger charge is 2.04. The van der Waals surface area contributed by atoms with Gasteiger partial charge in [0.2, 0.25) is 0 Å². The summed E-state index contributed by atoms with van der Waals surface area (Å²) in [6.07, 6.45) is 3.22. The molecule has 0 saturated carbocycles. The molecule has 0 bridgehead atoms. The molecular weight excluding hydrogens is 248 g/mol. The van der Waals surface area contributed by atoms with Gasteiger partial charge in [-0.05, 0) is 36.8 Å². The summed E-state index contributed by atoms with van der Waals surface area (Å²) in [7, 11) is 0. The Morgan fingerprint density at radius 1 is 1.00 bits per heavy atom. The molecular formula is C16H16N4. The standard InChI is InChI=1S/C16H16N4/c1-13(14-5-3-2-4-6-14)19-15-7-9-16(10-8-15)20-12-17-11-18-20/h2-13,19H,1H3.